The van der Waals surface area contributed by atoms with Crippen molar-refractivity contribution in [1.82, 2.24) is 10.2 Å². The van der Waals surface area contributed by atoms with Gasteiger partial charge in [-0.3, -0.25) is 4.21 Å². The van der Waals surface area contributed by atoms with Crippen LogP contribution >= 0.6 is 0 Å². The third kappa shape index (κ3) is 5.40. The molecule has 0 aliphatic carbocycles. The highest BCUT2D eigenvalue weighted by Gasteiger charge is 2.26. The summed E-state index contributed by atoms with van der Waals surface area (Å²) in [7, 11) is -0.946. The van der Waals surface area contributed by atoms with Crippen molar-refractivity contribution in [2.24, 2.45) is 5.92 Å². The monoisotopic (exact) mass is 304 g/mol. The van der Waals surface area contributed by atoms with Crippen LogP contribution < -0.4 is 5.32 Å². The molecule has 1 aliphatic heterocycles. The molecule has 0 bridgehead atoms. The minimum atomic E-state index is -0.946. The zero-order valence-corrected chi connectivity index (χ0v) is 13.8. The quantitative estimate of drug-likeness (QED) is 0.823. The van der Waals surface area contributed by atoms with Crippen LogP contribution in [0.4, 0.5) is 4.79 Å². The molecule has 1 saturated heterocycles. The molecule has 3 atom stereocenters. The van der Waals surface area contributed by atoms with E-state index in [-0.39, 0.29) is 22.8 Å². The van der Waals surface area contributed by atoms with Gasteiger partial charge in [0.2, 0.25) is 0 Å². The maximum atomic E-state index is 12.0. The molecule has 118 valence electrons. The Hall–Kier alpha value is -0.620. The zero-order chi connectivity index (χ0) is 15.3. The van der Waals surface area contributed by atoms with E-state index in [9.17, 15) is 14.1 Å². The molecule has 0 aromatic rings. The molecule has 1 aliphatic rings. The molecule has 1 fully saturated rings. The topological polar surface area (TPSA) is 69.6 Å². The number of hydrogen-bond acceptors (Lipinski definition) is 3. The molecule has 1 rings (SSSR count). The fourth-order valence-corrected chi connectivity index (χ4v) is 3.16. The van der Waals surface area contributed by atoms with Crippen molar-refractivity contribution in [3.63, 3.8) is 0 Å². The predicted octanol–water partition coefficient (Wildman–Crippen LogP) is 1.34. The number of piperidine rings is 1. The maximum Gasteiger partial charge on any atom is 0.317 e. The fraction of sp³-hybridized carbons (Fsp3) is 0.929. The third-order valence-electron chi connectivity index (χ3n) is 3.67. The second-order valence-electron chi connectivity index (χ2n) is 6.48. The van der Waals surface area contributed by atoms with E-state index in [4.69, 9.17) is 0 Å². The first-order valence-corrected chi connectivity index (χ1v) is 8.63. The first-order valence-electron chi connectivity index (χ1n) is 7.31. The van der Waals surface area contributed by atoms with Gasteiger partial charge in [0.25, 0.3) is 0 Å². The van der Waals surface area contributed by atoms with Crippen LogP contribution in [0.2, 0.25) is 0 Å². The number of carbonyl (C=O) groups is 1. The maximum absolute atomic E-state index is 12.0. The summed E-state index contributed by atoms with van der Waals surface area (Å²) in [4.78, 5) is 13.8. The van der Waals surface area contributed by atoms with Gasteiger partial charge < -0.3 is 15.3 Å². The van der Waals surface area contributed by atoms with E-state index in [2.05, 4.69) is 5.32 Å². The van der Waals surface area contributed by atoms with Crippen molar-refractivity contribution in [3.05, 3.63) is 0 Å². The molecule has 0 aromatic heterocycles. The summed E-state index contributed by atoms with van der Waals surface area (Å²) < 4.78 is 11.6. The Morgan fingerprint density at radius 1 is 1.50 bits per heavy atom. The first kappa shape index (κ1) is 17.4. The van der Waals surface area contributed by atoms with Crippen LogP contribution in [0.25, 0.3) is 0 Å². The highest BCUT2D eigenvalue weighted by atomic mass is 32.2. The Morgan fingerprint density at radius 2 is 2.15 bits per heavy atom. The molecule has 3 unspecified atom stereocenters. The minimum Gasteiger partial charge on any atom is -0.393 e. The van der Waals surface area contributed by atoms with Gasteiger partial charge in [-0.25, -0.2) is 4.79 Å². The van der Waals surface area contributed by atoms with E-state index in [0.29, 0.717) is 18.8 Å². The number of amides is 2. The first-order chi connectivity index (χ1) is 9.21. The molecule has 2 N–H and O–H groups in total. The van der Waals surface area contributed by atoms with Crippen LogP contribution in [0.1, 0.15) is 40.5 Å². The highest BCUT2D eigenvalue weighted by Crippen LogP contribution is 2.19. The Kier molecular flexibility index (Phi) is 6.45. The summed E-state index contributed by atoms with van der Waals surface area (Å²) in [5.74, 6) is 0.640. The number of aliphatic hydroxyl groups is 1. The number of rotatable bonds is 4. The van der Waals surface area contributed by atoms with Gasteiger partial charge in [-0.1, -0.05) is 0 Å². The lowest BCUT2D eigenvalue weighted by Crippen LogP contribution is -2.48. The SMILES string of the molecule is CC(O)C1CCCN(C(=O)NCCS(=O)C(C)(C)C)C1. The van der Waals surface area contributed by atoms with Crippen molar-refractivity contribution < 1.29 is 14.1 Å². The van der Waals surface area contributed by atoms with Crippen molar-refractivity contribution >= 4 is 16.8 Å². The van der Waals surface area contributed by atoms with Gasteiger partial charge in [0.15, 0.2) is 0 Å². The van der Waals surface area contributed by atoms with Crippen LogP contribution in [0.5, 0.6) is 0 Å². The second kappa shape index (κ2) is 7.41. The number of aliphatic hydroxyl groups excluding tert-OH is 1. The highest BCUT2D eigenvalue weighted by molar-refractivity contribution is 7.86. The summed E-state index contributed by atoms with van der Waals surface area (Å²) in [5, 5.41) is 12.4. The van der Waals surface area contributed by atoms with E-state index in [1.165, 1.54) is 0 Å². The van der Waals surface area contributed by atoms with Crippen LogP contribution in [0, 0.1) is 5.92 Å². The van der Waals surface area contributed by atoms with Crippen LogP contribution in [-0.4, -0.2) is 56.5 Å². The van der Waals surface area contributed by atoms with E-state index in [1.54, 1.807) is 11.8 Å². The summed E-state index contributed by atoms with van der Waals surface area (Å²) in [5.41, 5.74) is 0. The normalized spacial score (nSPS) is 23.2. The number of urea groups is 1. The van der Waals surface area contributed by atoms with E-state index < -0.39 is 10.8 Å². The van der Waals surface area contributed by atoms with Gasteiger partial charge >= 0.3 is 6.03 Å². The molecule has 2 amide bonds. The third-order valence-corrected chi connectivity index (χ3v) is 5.61. The summed E-state index contributed by atoms with van der Waals surface area (Å²) in [6.45, 7) is 9.34. The van der Waals surface area contributed by atoms with E-state index in [1.807, 2.05) is 20.8 Å². The molecular weight excluding hydrogens is 276 g/mol. The van der Waals surface area contributed by atoms with Gasteiger partial charge in [-0.15, -0.1) is 0 Å². The Morgan fingerprint density at radius 3 is 2.70 bits per heavy atom. The van der Waals surface area contributed by atoms with E-state index >= 15 is 0 Å². The van der Waals surface area contributed by atoms with Gasteiger partial charge in [0, 0.05) is 46.9 Å². The van der Waals surface area contributed by atoms with Gasteiger partial charge in [0.05, 0.1) is 6.10 Å². The number of likely N-dealkylation sites (tertiary alicyclic amines) is 1. The lowest BCUT2D eigenvalue weighted by atomic mass is 9.94. The summed E-state index contributed by atoms with van der Waals surface area (Å²) >= 11 is 0. The van der Waals surface area contributed by atoms with Crippen molar-refractivity contribution in [3.8, 4) is 0 Å². The van der Waals surface area contributed by atoms with Crippen molar-refractivity contribution in [2.75, 3.05) is 25.4 Å². The largest absolute Gasteiger partial charge is 0.393 e. The molecule has 5 nitrogen and oxygen atoms in total. The number of hydrogen-bond donors (Lipinski definition) is 2. The molecular formula is C14H28N2O3S. The molecule has 0 spiro atoms. The minimum absolute atomic E-state index is 0.110. The standard InChI is InChI=1S/C14H28N2O3S/c1-11(17)12-6-5-8-16(10-12)13(18)15-7-9-20(19)14(2,3)4/h11-12,17H,5-10H2,1-4H3,(H,15,18). The van der Waals surface area contributed by atoms with Crippen molar-refractivity contribution in [1.29, 1.82) is 0 Å². The van der Waals surface area contributed by atoms with Crippen molar-refractivity contribution in [2.45, 2.75) is 51.4 Å². The number of nitrogens with zero attached hydrogens (tertiary/aromatic N) is 1. The lowest BCUT2D eigenvalue weighted by molar-refractivity contribution is 0.0740. The van der Waals surface area contributed by atoms with Gasteiger partial charge in [-0.05, 0) is 40.5 Å². The summed E-state index contributed by atoms with van der Waals surface area (Å²) in [6.07, 6.45) is 1.52. The fourth-order valence-electron chi connectivity index (χ4n) is 2.26. The Labute approximate surface area is 124 Å². The molecule has 6 heteroatoms. The number of carbonyl (C=O) groups excluding carboxylic acids is 1. The molecule has 1 heterocycles. The van der Waals surface area contributed by atoms with Gasteiger partial charge in [-0.2, -0.15) is 0 Å². The summed E-state index contributed by atoms with van der Waals surface area (Å²) in [6, 6.07) is -0.110. The number of nitrogens with one attached hydrogen (secondary N) is 1. The zero-order valence-electron chi connectivity index (χ0n) is 13.0. The molecule has 20 heavy (non-hydrogen) atoms. The Bertz CT molecular complexity index is 353. The van der Waals surface area contributed by atoms with Crippen LogP contribution in [-0.2, 0) is 10.8 Å². The van der Waals surface area contributed by atoms with Crippen LogP contribution in [0.15, 0.2) is 0 Å². The molecule has 0 aromatic carbocycles. The predicted molar refractivity (Wildman–Crippen MR) is 82.1 cm³/mol. The average molecular weight is 304 g/mol. The van der Waals surface area contributed by atoms with Crippen LogP contribution in [0.3, 0.4) is 0 Å². The van der Waals surface area contributed by atoms with E-state index in [0.717, 1.165) is 19.4 Å². The molecule has 0 radical (unpaired) electrons. The smallest absolute Gasteiger partial charge is 0.317 e. The van der Waals surface area contributed by atoms with Gasteiger partial charge in [0.1, 0.15) is 0 Å². The molecule has 0 saturated carbocycles. The Balaban J connectivity index is 2.34. The second-order valence-corrected chi connectivity index (χ2v) is 8.81. The average Bonchev–Trinajstić information content (AvgIpc) is 2.37. The lowest BCUT2D eigenvalue weighted by Gasteiger charge is -2.34.